The predicted octanol–water partition coefficient (Wildman–Crippen LogP) is 5.04. The van der Waals surface area contributed by atoms with E-state index in [4.69, 9.17) is 4.74 Å². The Hall–Kier alpha value is -2.90. The summed E-state index contributed by atoms with van der Waals surface area (Å²) in [6, 6.07) is 18.3. The summed E-state index contributed by atoms with van der Waals surface area (Å²) in [7, 11) is 0. The van der Waals surface area contributed by atoms with E-state index in [-0.39, 0.29) is 5.82 Å². The van der Waals surface area contributed by atoms with Gasteiger partial charge in [-0.3, -0.25) is 9.55 Å². The summed E-state index contributed by atoms with van der Waals surface area (Å²) in [5, 5.41) is 0. The lowest BCUT2D eigenvalue weighted by molar-refractivity contribution is 0.248. The molecule has 164 valence electrons. The van der Waals surface area contributed by atoms with Crippen LogP contribution in [0.1, 0.15) is 6.42 Å². The Kier molecular flexibility index (Phi) is 6.36. The molecule has 1 fully saturated rings. The second-order valence-electron chi connectivity index (χ2n) is 7.77. The van der Waals surface area contributed by atoms with E-state index in [0.717, 1.165) is 35.6 Å². The maximum Gasteiger partial charge on any atom is 0.164 e. The van der Waals surface area contributed by atoms with E-state index in [0.29, 0.717) is 17.9 Å². The number of rotatable bonds is 7. The van der Waals surface area contributed by atoms with Crippen molar-refractivity contribution in [3.63, 3.8) is 0 Å². The van der Waals surface area contributed by atoms with Gasteiger partial charge in [0.15, 0.2) is 5.82 Å². The lowest BCUT2D eigenvalue weighted by Gasteiger charge is -2.25. The highest BCUT2D eigenvalue weighted by molar-refractivity contribution is 7.99. The second-order valence-corrected chi connectivity index (χ2v) is 8.99. The van der Waals surface area contributed by atoms with Crippen LogP contribution in [0.4, 0.5) is 4.39 Å². The zero-order chi connectivity index (χ0) is 21.8. The van der Waals surface area contributed by atoms with Gasteiger partial charge in [0.25, 0.3) is 0 Å². The molecule has 2 aromatic carbocycles. The van der Waals surface area contributed by atoms with Crippen molar-refractivity contribution in [2.24, 2.45) is 0 Å². The largest absolute Gasteiger partial charge is 0.494 e. The normalized spacial score (nSPS) is 14.7. The van der Waals surface area contributed by atoms with Gasteiger partial charge in [-0.2, -0.15) is 11.8 Å². The van der Waals surface area contributed by atoms with Crippen LogP contribution in [-0.4, -0.2) is 57.2 Å². The minimum atomic E-state index is -0.304. The smallest absolute Gasteiger partial charge is 0.164 e. The standard InChI is InChI=1S/C25H25FN4OS/c26-19-5-10-24-23(18-19)28-25(22-4-1-2-11-27-22)30(24)20-6-8-21(9-7-20)31-15-3-12-29-13-16-32-17-14-29/h1-2,4-11,18H,3,12-17H2. The number of pyridine rings is 1. The fourth-order valence-electron chi connectivity index (χ4n) is 3.98. The summed E-state index contributed by atoms with van der Waals surface area (Å²) in [6.07, 6.45) is 2.76. The molecule has 0 radical (unpaired) electrons. The maximum absolute atomic E-state index is 13.8. The molecule has 1 aliphatic rings. The van der Waals surface area contributed by atoms with Gasteiger partial charge in [-0.1, -0.05) is 6.07 Å². The van der Waals surface area contributed by atoms with Gasteiger partial charge in [0, 0.05) is 49.1 Å². The van der Waals surface area contributed by atoms with Gasteiger partial charge in [-0.15, -0.1) is 0 Å². The number of imidazole rings is 1. The Morgan fingerprint density at radius 1 is 1.00 bits per heavy atom. The van der Waals surface area contributed by atoms with Crippen molar-refractivity contribution in [2.75, 3.05) is 37.7 Å². The lowest BCUT2D eigenvalue weighted by atomic mass is 10.2. The summed E-state index contributed by atoms with van der Waals surface area (Å²) >= 11 is 2.03. The summed E-state index contributed by atoms with van der Waals surface area (Å²) in [5.74, 6) is 3.69. The van der Waals surface area contributed by atoms with E-state index >= 15 is 0 Å². The van der Waals surface area contributed by atoms with Crippen molar-refractivity contribution in [3.8, 4) is 23.0 Å². The number of ether oxygens (including phenoxy) is 1. The van der Waals surface area contributed by atoms with E-state index in [1.807, 2.05) is 58.8 Å². The summed E-state index contributed by atoms with van der Waals surface area (Å²) in [5.41, 5.74) is 3.10. The Morgan fingerprint density at radius 2 is 1.84 bits per heavy atom. The molecule has 5 nitrogen and oxygen atoms in total. The molecular formula is C25H25FN4OS. The molecule has 2 aromatic heterocycles. The third kappa shape index (κ3) is 4.64. The molecule has 0 spiro atoms. The molecule has 0 N–H and O–H groups in total. The Morgan fingerprint density at radius 3 is 2.62 bits per heavy atom. The van der Waals surface area contributed by atoms with E-state index in [9.17, 15) is 4.39 Å². The topological polar surface area (TPSA) is 43.2 Å². The third-order valence-corrected chi connectivity index (χ3v) is 6.54. The lowest BCUT2D eigenvalue weighted by Crippen LogP contribution is -2.33. The van der Waals surface area contributed by atoms with E-state index in [2.05, 4.69) is 14.9 Å². The van der Waals surface area contributed by atoms with Crippen molar-refractivity contribution < 1.29 is 9.13 Å². The van der Waals surface area contributed by atoms with Crippen LogP contribution in [0.15, 0.2) is 66.9 Å². The number of nitrogens with zero attached hydrogens (tertiary/aromatic N) is 4. The quantitative estimate of drug-likeness (QED) is 0.371. The molecule has 0 unspecified atom stereocenters. The van der Waals surface area contributed by atoms with Crippen molar-refractivity contribution in [3.05, 3.63) is 72.7 Å². The number of aromatic nitrogens is 3. The molecule has 4 aromatic rings. The van der Waals surface area contributed by atoms with Crippen LogP contribution in [0, 0.1) is 5.82 Å². The maximum atomic E-state index is 13.8. The van der Waals surface area contributed by atoms with Crippen LogP contribution < -0.4 is 4.74 Å². The van der Waals surface area contributed by atoms with Crippen molar-refractivity contribution in [2.45, 2.75) is 6.42 Å². The number of thioether (sulfide) groups is 1. The predicted molar refractivity (Wildman–Crippen MR) is 128 cm³/mol. The molecule has 0 bridgehead atoms. The van der Waals surface area contributed by atoms with Gasteiger partial charge < -0.3 is 9.64 Å². The van der Waals surface area contributed by atoms with Gasteiger partial charge in [0.2, 0.25) is 0 Å². The first-order chi connectivity index (χ1) is 15.8. The zero-order valence-electron chi connectivity index (χ0n) is 17.8. The molecule has 32 heavy (non-hydrogen) atoms. The highest BCUT2D eigenvalue weighted by Gasteiger charge is 2.16. The van der Waals surface area contributed by atoms with Crippen molar-refractivity contribution in [1.82, 2.24) is 19.4 Å². The minimum Gasteiger partial charge on any atom is -0.494 e. The highest BCUT2D eigenvalue weighted by Crippen LogP contribution is 2.29. The summed E-state index contributed by atoms with van der Waals surface area (Å²) < 4.78 is 21.8. The van der Waals surface area contributed by atoms with Gasteiger partial charge in [0.1, 0.15) is 17.3 Å². The average Bonchev–Trinajstić information content (AvgIpc) is 3.22. The summed E-state index contributed by atoms with van der Waals surface area (Å²) in [6.45, 7) is 4.15. The fourth-order valence-corrected chi connectivity index (χ4v) is 4.95. The van der Waals surface area contributed by atoms with Gasteiger partial charge >= 0.3 is 0 Å². The van der Waals surface area contributed by atoms with Crippen LogP contribution in [0.2, 0.25) is 0 Å². The average molecular weight is 449 g/mol. The first-order valence-corrected chi connectivity index (χ1v) is 12.1. The number of benzene rings is 2. The van der Waals surface area contributed by atoms with Crippen LogP contribution in [0.5, 0.6) is 5.75 Å². The molecule has 7 heteroatoms. The number of halogens is 1. The second kappa shape index (κ2) is 9.71. The fraction of sp³-hybridized carbons (Fsp3) is 0.280. The van der Waals surface area contributed by atoms with Crippen LogP contribution >= 0.6 is 11.8 Å². The first-order valence-electron chi connectivity index (χ1n) is 10.9. The molecule has 0 amide bonds. The first kappa shape index (κ1) is 21.0. The molecule has 0 aliphatic carbocycles. The Balaban J connectivity index is 1.34. The molecule has 1 saturated heterocycles. The molecule has 0 atom stereocenters. The van der Waals surface area contributed by atoms with Crippen LogP contribution in [-0.2, 0) is 0 Å². The molecule has 5 rings (SSSR count). The summed E-state index contributed by atoms with van der Waals surface area (Å²) in [4.78, 5) is 11.6. The minimum absolute atomic E-state index is 0.304. The van der Waals surface area contributed by atoms with Gasteiger partial charge in [-0.25, -0.2) is 9.37 Å². The zero-order valence-corrected chi connectivity index (χ0v) is 18.6. The van der Waals surface area contributed by atoms with E-state index in [1.165, 1.54) is 36.7 Å². The van der Waals surface area contributed by atoms with Crippen molar-refractivity contribution >= 4 is 22.8 Å². The van der Waals surface area contributed by atoms with Crippen LogP contribution in [0.3, 0.4) is 0 Å². The van der Waals surface area contributed by atoms with E-state index in [1.54, 1.807) is 12.3 Å². The van der Waals surface area contributed by atoms with E-state index < -0.39 is 0 Å². The number of fused-ring (bicyclic) bond motifs is 1. The van der Waals surface area contributed by atoms with Gasteiger partial charge in [0.05, 0.1) is 17.6 Å². The van der Waals surface area contributed by atoms with Gasteiger partial charge in [-0.05, 0) is 55.0 Å². The Labute approximate surface area is 191 Å². The highest BCUT2D eigenvalue weighted by atomic mass is 32.2. The SMILES string of the molecule is Fc1ccc2c(c1)nc(-c1ccccn1)n2-c1ccc(OCCCN2CCSCC2)cc1. The molecular weight excluding hydrogens is 423 g/mol. The number of hydrogen-bond donors (Lipinski definition) is 0. The molecule has 1 aliphatic heterocycles. The molecule has 3 heterocycles. The number of hydrogen-bond acceptors (Lipinski definition) is 5. The monoisotopic (exact) mass is 448 g/mol. The third-order valence-electron chi connectivity index (χ3n) is 5.60. The van der Waals surface area contributed by atoms with Crippen molar-refractivity contribution in [1.29, 1.82) is 0 Å². The Bertz CT molecular complexity index is 1170. The van der Waals surface area contributed by atoms with Crippen LogP contribution in [0.25, 0.3) is 28.2 Å². The molecule has 0 saturated carbocycles.